The summed E-state index contributed by atoms with van der Waals surface area (Å²) < 4.78 is 5.80. The Morgan fingerprint density at radius 3 is 3.00 bits per heavy atom. The topological polar surface area (TPSA) is 34.1 Å². The molecule has 0 fully saturated rings. The molecule has 1 unspecified atom stereocenters. The third-order valence-electron chi connectivity index (χ3n) is 1.91. The Balaban J connectivity index is 2.37. The lowest BCUT2D eigenvalue weighted by atomic mass is 10.3. The summed E-state index contributed by atoms with van der Waals surface area (Å²) >= 11 is 15.3. The van der Waals surface area contributed by atoms with Crippen molar-refractivity contribution in [1.29, 1.82) is 0 Å². The van der Waals surface area contributed by atoms with Gasteiger partial charge in [-0.3, -0.25) is 0 Å². The lowest BCUT2D eigenvalue weighted by molar-refractivity contribution is 0.196. The minimum atomic E-state index is 0.00623. The molecule has 1 heterocycles. The fourth-order valence-electron chi connectivity index (χ4n) is 1.16. The van der Waals surface area contributed by atoms with Crippen molar-refractivity contribution >= 4 is 44.9 Å². The SMILES string of the molecule is COCC(Cl)CCNc1ncc(Br)cc1Cl. The second-order valence-corrected chi connectivity index (χ2v) is 5.19. The molecule has 0 aromatic carbocycles. The zero-order valence-electron chi connectivity index (χ0n) is 8.84. The zero-order chi connectivity index (χ0) is 12.0. The van der Waals surface area contributed by atoms with Crippen LogP contribution in [-0.2, 0) is 4.74 Å². The Morgan fingerprint density at radius 1 is 1.62 bits per heavy atom. The third kappa shape index (κ3) is 4.87. The Bertz CT molecular complexity index is 339. The van der Waals surface area contributed by atoms with Crippen molar-refractivity contribution in [2.45, 2.75) is 11.8 Å². The van der Waals surface area contributed by atoms with E-state index in [1.54, 1.807) is 19.4 Å². The van der Waals surface area contributed by atoms with Crippen LogP contribution in [0.15, 0.2) is 16.7 Å². The Hall–Kier alpha value is -0.0300. The number of halogens is 3. The van der Waals surface area contributed by atoms with Crippen molar-refractivity contribution in [2.24, 2.45) is 0 Å². The van der Waals surface area contributed by atoms with E-state index < -0.39 is 0 Å². The van der Waals surface area contributed by atoms with Gasteiger partial charge in [-0.15, -0.1) is 11.6 Å². The maximum Gasteiger partial charge on any atom is 0.144 e. The fourth-order valence-corrected chi connectivity index (χ4v) is 2.09. The molecule has 90 valence electrons. The van der Waals surface area contributed by atoms with Crippen LogP contribution in [0.25, 0.3) is 0 Å². The minimum Gasteiger partial charge on any atom is -0.383 e. The summed E-state index contributed by atoms with van der Waals surface area (Å²) in [5, 5.41) is 3.72. The van der Waals surface area contributed by atoms with Crippen molar-refractivity contribution < 1.29 is 4.74 Å². The van der Waals surface area contributed by atoms with Crippen LogP contribution in [-0.4, -0.2) is 30.6 Å². The molecular weight excluding hydrogens is 315 g/mol. The van der Waals surface area contributed by atoms with Gasteiger partial charge in [-0.1, -0.05) is 11.6 Å². The summed E-state index contributed by atoms with van der Waals surface area (Å²) in [7, 11) is 1.63. The van der Waals surface area contributed by atoms with Gasteiger partial charge in [0.15, 0.2) is 0 Å². The smallest absolute Gasteiger partial charge is 0.144 e. The molecule has 0 aliphatic heterocycles. The molecule has 1 atom stereocenters. The summed E-state index contributed by atoms with van der Waals surface area (Å²) in [5.41, 5.74) is 0. The minimum absolute atomic E-state index is 0.00623. The highest BCUT2D eigenvalue weighted by Gasteiger charge is 2.05. The second kappa shape index (κ2) is 7.33. The molecule has 1 aromatic rings. The van der Waals surface area contributed by atoms with Crippen LogP contribution in [0.4, 0.5) is 5.82 Å². The molecule has 6 heteroatoms. The molecule has 0 radical (unpaired) electrons. The predicted molar refractivity (Wildman–Crippen MR) is 71.6 cm³/mol. The van der Waals surface area contributed by atoms with E-state index in [1.165, 1.54) is 0 Å². The summed E-state index contributed by atoms with van der Waals surface area (Å²) in [6.07, 6.45) is 2.49. The van der Waals surface area contributed by atoms with E-state index in [0.717, 1.165) is 10.9 Å². The lowest BCUT2D eigenvalue weighted by Gasteiger charge is -2.10. The Kier molecular flexibility index (Phi) is 6.43. The summed E-state index contributed by atoms with van der Waals surface area (Å²) in [4.78, 5) is 4.16. The third-order valence-corrected chi connectivity index (χ3v) is 2.97. The molecule has 0 spiro atoms. The van der Waals surface area contributed by atoms with Crippen molar-refractivity contribution in [3.63, 3.8) is 0 Å². The van der Waals surface area contributed by atoms with Gasteiger partial charge >= 0.3 is 0 Å². The molecule has 0 amide bonds. The first-order chi connectivity index (χ1) is 7.63. The average molecular weight is 328 g/mol. The van der Waals surface area contributed by atoms with Gasteiger partial charge in [0.25, 0.3) is 0 Å². The number of ether oxygens (including phenoxy) is 1. The van der Waals surface area contributed by atoms with E-state index in [-0.39, 0.29) is 5.38 Å². The number of anilines is 1. The predicted octanol–water partition coefficient (Wildman–Crippen LogP) is 3.55. The van der Waals surface area contributed by atoms with Crippen LogP contribution < -0.4 is 5.32 Å². The second-order valence-electron chi connectivity index (χ2n) is 3.25. The van der Waals surface area contributed by atoms with Gasteiger partial charge in [0.1, 0.15) is 5.82 Å². The van der Waals surface area contributed by atoms with Gasteiger partial charge in [0, 0.05) is 24.3 Å². The van der Waals surface area contributed by atoms with E-state index in [0.29, 0.717) is 24.0 Å². The Morgan fingerprint density at radius 2 is 2.38 bits per heavy atom. The molecule has 0 aliphatic rings. The molecule has 0 saturated carbocycles. The first-order valence-electron chi connectivity index (χ1n) is 4.81. The Labute approximate surface area is 114 Å². The van der Waals surface area contributed by atoms with Crippen molar-refractivity contribution in [2.75, 3.05) is 25.6 Å². The summed E-state index contributed by atoms with van der Waals surface area (Å²) in [5.74, 6) is 0.672. The maximum atomic E-state index is 5.99. The lowest BCUT2D eigenvalue weighted by Crippen LogP contribution is -2.14. The molecule has 3 nitrogen and oxygen atoms in total. The van der Waals surface area contributed by atoms with E-state index >= 15 is 0 Å². The number of rotatable bonds is 6. The molecule has 0 aliphatic carbocycles. The number of methoxy groups -OCH3 is 1. The molecule has 1 rings (SSSR count). The van der Waals surface area contributed by atoms with Crippen LogP contribution in [0.5, 0.6) is 0 Å². The van der Waals surface area contributed by atoms with Crippen LogP contribution >= 0.6 is 39.1 Å². The largest absolute Gasteiger partial charge is 0.383 e. The fraction of sp³-hybridized carbons (Fsp3) is 0.500. The molecule has 1 aromatic heterocycles. The first-order valence-corrected chi connectivity index (χ1v) is 6.42. The van der Waals surface area contributed by atoms with E-state index in [9.17, 15) is 0 Å². The molecule has 16 heavy (non-hydrogen) atoms. The molecular formula is C10H13BrCl2N2O. The number of alkyl halides is 1. The van der Waals surface area contributed by atoms with Gasteiger partial charge in [0.05, 0.1) is 17.0 Å². The van der Waals surface area contributed by atoms with Gasteiger partial charge in [-0.2, -0.15) is 0 Å². The summed E-state index contributed by atoms with van der Waals surface area (Å²) in [6.45, 7) is 1.26. The molecule has 0 bridgehead atoms. The highest BCUT2D eigenvalue weighted by Crippen LogP contribution is 2.22. The summed E-state index contributed by atoms with van der Waals surface area (Å²) in [6, 6.07) is 1.80. The van der Waals surface area contributed by atoms with Gasteiger partial charge in [0.2, 0.25) is 0 Å². The first kappa shape index (κ1) is 14.0. The standard InChI is InChI=1S/C10H13BrCl2N2O/c1-16-6-8(12)2-3-14-10-9(13)4-7(11)5-15-10/h4-5,8H,2-3,6H2,1H3,(H,14,15). The van der Waals surface area contributed by atoms with Crippen LogP contribution in [0.3, 0.4) is 0 Å². The van der Waals surface area contributed by atoms with Crippen LogP contribution in [0.2, 0.25) is 5.02 Å². The van der Waals surface area contributed by atoms with E-state index in [4.69, 9.17) is 27.9 Å². The number of nitrogens with zero attached hydrogens (tertiary/aromatic N) is 1. The van der Waals surface area contributed by atoms with Gasteiger partial charge < -0.3 is 10.1 Å². The number of hydrogen-bond acceptors (Lipinski definition) is 3. The number of hydrogen-bond donors (Lipinski definition) is 1. The highest BCUT2D eigenvalue weighted by atomic mass is 79.9. The van der Waals surface area contributed by atoms with Crippen molar-refractivity contribution in [3.8, 4) is 0 Å². The molecule has 1 N–H and O–H groups in total. The number of pyridine rings is 1. The zero-order valence-corrected chi connectivity index (χ0v) is 11.9. The van der Waals surface area contributed by atoms with Crippen molar-refractivity contribution in [1.82, 2.24) is 4.98 Å². The molecule has 0 saturated heterocycles. The maximum absolute atomic E-state index is 5.99. The monoisotopic (exact) mass is 326 g/mol. The quantitative estimate of drug-likeness (QED) is 0.811. The number of nitrogens with one attached hydrogen (secondary N) is 1. The van der Waals surface area contributed by atoms with Crippen LogP contribution in [0, 0.1) is 0 Å². The van der Waals surface area contributed by atoms with E-state index in [1.807, 2.05) is 0 Å². The van der Waals surface area contributed by atoms with E-state index in [2.05, 4.69) is 26.2 Å². The average Bonchev–Trinajstić information content (AvgIpc) is 2.22. The normalized spacial score (nSPS) is 12.5. The van der Waals surface area contributed by atoms with Gasteiger partial charge in [-0.25, -0.2) is 4.98 Å². The number of aromatic nitrogens is 1. The van der Waals surface area contributed by atoms with Gasteiger partial charge in [-0.05, 0) is 28.4 Å². The van der Waals surface area contributed by atoms with Crippen molar-refractivity contribution in [3.05, 3.63) is 21.8 Å². The van der Waals surface area contributed by atoms with Crippen LogP contribution in [0.1, 0.15) is 6.42 Å². The highest BCUT2D eigenvalue weighted by molar-refractivity contribution is 9.10.